The van der Waals surface area contributed by atoms with Gasteiger partial charge < -0.3 is 10.4 Å². The molecule has 100 valence electrons. The Bertz CT molecular complexity index is 557. The smallest absolute Gasteiger partial charge is 0.132 e. The predicted octanol–water partition coefficient (Wildman–Crippen LogP) is 3.71. The summed E-state index contributed by atoms with van der Waals surface area (Å²) in [7, 11) is 0. The number of benzene rings is 2. The van der Waals surface area contributed by atoms with Gasteiger partial charge in [0.15, 0.2) is 0 Å². The van der Waals surface area contributed by atoms with E-state index < -0.39 is 17.7 Å². The molecule has 0 aliphatic carbocycles. The van der Waals surface area contributed by atoms with Crippen molar-refractivity contribution >= 4 is 28.3 Å². The lowest BCUT2D eigenvalue weighted by Gasteiger charge is -2.14. The Kier molecular flexibility index (Phi) is 4.71. The summed E-state index contributed by atoms with van der Waals surface area (Å²) in [6, 6.07) is 11.0. The maximum atomic E-state index is 13.5. The van der Waals surface area contributed by atoms with E-state index in [1.807, 2.05) is 24.3 Å². The Hall–Kier alpha value is -1.21. The van der Waals surface area contributed by atoms with Crippen LogP contribution < -0.4 is 5.32 Å². The first-order chi connectivity index (χ1) is 9.08. The van der Waals surface area contributed by atoms with Gasteiger partial charge in [-0.15, -0.1) is 0 Å². The minimum atomic E-state index is -1.24. The van der Waals surface area contributed by atoms with E-state index in [-0.39, 0.29) is 12.1 Å². The third-order valence-corrected chi connectivity index (χ3v) is 3.33. The second kappa shape index (κ2) is 6.29. The lowest BCUT2D eigenvalue weighted by atomic mass is 10.1. The molecule has 0 aromatic heterocycles. The van der Waals surface area contributed by atoms with Crippen molar-refractivity contribution in [3.63, 3.8) is 0 Å². The number of hydrogen-bond donors (Lipinski definition) is 2. The van der Waals surface area contributed by atoms with Crippen LogP contribution in [-0.2, 0) is 0 Å². The topological polar surface area (TPSA) is 32.3 Å². The van der Waals surface area contributed by atoms with E-state index in [1.54, 1.807) is 0 Å². The minimum Gasteiger partial charge on any atom is -0.386 e. The van der Waals surface area contributed by atoms with Crippen molar-refractivity contribution in [1.29, 1.82) is 0 Å². The summed E-state index contributed by atoms with van der Waals surface area (Å²) >= 11 is 2.16. The van der Waals surface area contributed by atoms with Crippen LogP contribution in [-0.4, -0.2) is 11.7 Å². The molecular weight excluding hydrogens is 363 g/mol. The van der Waals surface area contributed by atoms with Gasteiger partial charge >= 0.3 is 0 Å². The number of rotatable bonds is 4. The molecule has 0 aliphatic rings. The number of hydrogen-bond acceptors (Lipinski definition) is 2. The molecule has 2 aromatic carbocycles. The Labute approximate surface area is 123 Å². The minimum absolute atomic E-state index is 0.0396. The van der Waals surface area contributed by atoms with Gasteiger partial charge in [0.2, 0.25) is 0 Å². The van der Waals surface area contributed by atoms with E-state index in [0.717, 1.165) is 21.4 Å². The van der Waals surface area contributed by atoms with Crippen LogP contribution in [0.4, 0.5) is 14.5 Å². The van der Waals surface area contributed by atoms with E-state index in [0.29, 0.717) is 0 Å². The molecule has 0 heterocycles. The Morgan fingerprint density at radius 1 is 1.11 bits per heavy atom. The quantitative estimate of drug-likeness (QED) is 0.799. The van der Waals surface area contributed by atoms with Gasteiger partial charge in [0, 0.05) is 15.8 Å². The summed E-state index contributed by atoms with van der Waals surface area (Å²) in [5.74, 6) is -1.48. The van der Waals surface area contributed by atoms with E-state index in [1.165, 1.54) is 6.07 Å². The molecule has 0 fully saturated rings. The zero-order valence-corrected chi connectivity index (χ0v) is 12.1. The molecule has 0 aliphatic heterocycles. The number of anilines is 1. The summed E-state index contributed by atoms with van der Waals surface area (Å²) < 4.78 is 28.0. The van der Waals surface area contributed by atoms with E-state index in [4.69, 9.17) is 0 Å². The molecule has 0 bridgehead atoms. The van der Waals surface area contributed by atoms with Crippen molar-refractivity contribution in [2.24, 2.45) is 0 Å². The van der Waals surface area contributed by atoms with Crippen LogP contribution in [0.1, 0.15) is 11.7 Å². The highest BCUT2D eigenvalue weighted by molar-refractivity contribution is 14.1. The van der Waals surface area contributed by atoms with Crippen LogP contribution in [0.5, 0.6) is 0 Å². The second-order valence-corrected chi connectivity index (χ2v) is 5.29. The van der Waals surface area contributed by atoms with Crippen LogP contribution in [0.15, 0.2) is 42.5 Å². The molecule has 2 nitrogen and oxygen atoms in total. The molecular formula is C14H12F2INO. The summed E-state index contributed by atoms with van der Waals surface area (Å²) in [6.07, 6.45) is -1.24. The molecule has 2 rings (SSSR count). The third-order valence-electron chi connectivity index (χ3n) is 2.66. The molecule has 2 aromatic rings. The van der Waals surface area contributed by atoms with E-state index in [2.05, 4.69) is 27.9 Å². The third kappa shape index (κ3) is 3.63. The van der Waals surface area contributed by atoms with Gasteiger partial charge in [-0.25, -0.2) is 8.78 Å². The fourth-order valence-electron chi connectivity index (χ4n) is 1.74. The largest absolute Gasteiger partial charge is 0.386 e. The Morgan fingerprint density at radius 2 is 1.74 bits per heavy atom. The van der Waals surface area contributed by atoms with Crippen LogP contribution >= 0.6 is 22.6 Å². The zero-order chi connectivity index (χ0) is 13.8. The summed E-state index contributed by atoms with van der Waals surface area (Å²) in [5.41, 5.74) is 0.489. The standard InChI is InChI=1S/C14H12F2INO/c15-11-5-2-6-12(16)14(11)13(19)8-18-10-4-1-3-9(17)7-10/h1-7,13,18-19H,8H2. The first-order valence-corrected chi connectivity index (χ1v) is 6.77. The van der Waals surface area contributed by atoms with Crippen LogP contribution in [0.2, 0.25) is 0 Å². The van der Waals surface area contributed by atoms with Crippen molar-refractivity contribution in [1.82, 2.24) is 0 Å². The number of aliphatic hydroxyl groups excluding tert-OH is 1. The summed E-state index contributed by atoms with van der Waals surface area (Å²) in [4.78, 5) is 0. The fourth-order valence-corrected chi connectivity index (χ4v) is 2.29. The van der Waals surface area contributed by atoms with E-state index >= 15 is 0 Å². The first-order valence-electron chi connectivity index (χ1n) is 5.69. The Balaban J connectivity index is 2.07. The molecule has 0 radical (unpaired) electrons. The lowest BCUT2D eigenvalue weighted by molar-refractivity contribution is 0.181. The predicted molar refractivity (Wildman–Crippen MR) is 79.0 cm³/mol. The van der Waals surface area contributed by atoms with Crippen LogP contribution in [0, 0.1) is 15.2 Å². The van der Waals surface area contributed by atoms with Gasteiger partial charge in [0.1, 0.15) is 17.7 Å². The molecule has 0 spiro atoms. The highest BCUT2D eigenvalue weighted by atomic mass is 127. The van der Waals surface area contributed by atoms with Gasteiger partial charge in [0.05, 0.1) is 5.56 Å². The molecule has 1 unspecified atom stereocenters. The molecule has 0 saturated heterocycles. The van der Waals surface area contributed by atoms with Crippen LogP contribution in [0.25, 0.3) is 0 Å². The number of aliphatic hydroxyl groups is 1. The molecule has 5 heteroatoms. The van der Waals surface area contributed by atoms with Crippen molar-refractivity contribution in [3.8, 4) is 0 Å². The van der Waals surface area contributed by atoms with Crippen molar-refractivity contribution in [2.75, 3.05) is 11.9 Å². The highest BCUT2D eigenvalue weighted by Gasteiger charge is 2.17. The number of halogens is 3. The average Bonchev–Trinajstić information content (AvgIpc) is 2.36. The maximum Gasteiger partial charge on any atom is 0.132 e. The molecule has 2 N–H and O–H groups in total. The zero-order valence-electron chi connectivity index (χ0n) is 9.91. The summed E-state index contributed by atoms with van der Waals surface area (Å²) in [5, 5.41) is 12.8. The average molecular weight is 375 g/mol. The first kappa shape index (κ1) is 14.2. The van der Waals surface area contributed by atoms with Gasteiger partial charge in [0.25, 0.3) is 0 Å². The monoisotopic (exact) mass is 375 g/mol. The summed E-state index contributed by atoms with van der Waals surface area (Å²) in [6.45, 7) is 0.0396. The van der Waals surface area contributed by atoms with Crippen molar-refractivity contribution in [2.45, 2.75) is 6.10 Å². The fraction of sp³-hybridized carbons (Fsp3) is 0.143. The van der Waals surface area contributed by atoms with Crippen molar-refractivity contribution < 1.29 is 13.9 Å². The van der Waals surface area contributed by atoms with Crippen LogP contribution in [0.3, 0.4) is 0 Å². The number of nitrogens with one attached hydrogen (secondary N) is 1. The van der Waals surface area contributed by atoms with Crippen molar-refractivity contribution in [3.05, 3.63) is 63.2 Å². The SMILES string of the molecule is OC(CNc1cccc(I)c1)c1c(F)cccc1F. The second-order valence-electron chi connectivity index (χ2n) is 4.04. The molecule has 19 heavy (non-hydrogen) atoms. The van der Waals surface area contributed by atoms with Gasteiger partial charge in [-0.05, 0) is 52.9 Å². The van der Waals surface area contributed by atoms with E-state index in [9.17, 15) is 13.9 Å². The van der Waals surface area contributed by atoms with Gasteiger partial charge in [-0.1, -0.05) is 12.1 Å². The normalized spacial score (nSPS) is 12.2. The molecule has 0 amide bonds. The Morgan fingerprint density at radius 3 is 2.37 bits per heavy atom. The maximum absolute atomic E-state index is 13.5. The lowest BCUT2D eigenvalue weighted by Crippen LogP contribution is -2.15. The molecule has 1 atom stereocenters. The van der Waals surface area contributed by atoms with Gasteiger partial charge in [-0.2, -0.15) is 0 Å². The van der Waals surface area contributed by atoms with Gasteiger partial charge in [-0.3, -0.25) is 0 Å². The molecule has 0 saturated carbocycles. The highest BCUT2D eigenvalue weighted by Crippen LogP contribution is 2.21.